The van der Waals surface area contributed by atoms with Crippen LogP contribution in [-0.2, 0) is 9.47 Å². The number of morpholine rings is 1. The van der Waals surface area contributed by atoms with Crippen LogP contribution in [0.3, 0.4) is 0 Å². The molecule has 1 unspecified atom stereocenters. The molecule has 1 aliphatic rings. The van der Waals surface area contributed by atoms with Crippen LogP contribution in [0.5, 0.6) is 0 Å². The number of ether oxygens (including phenoxy) is 2. The van der Waals surface area contributed by atoms with Gasteiger partial charge in [-0.15, -0.1) is 0 Å². The minimum Gasteiger partial charge on any atom is -0.354 e. The van der Waals surface area contributed by atoms with Crippen LogP contribution < -0.4 is 5.32 Å². The summed E-state index contributed by atoms with van der Waals surface area (Å²) in [7, 11) is 1.57. The van der Waals surface area contributed by atoms with Gasteiger partial charge in [-0.25, -0.2) is 4.79 Å². The molecular weight excluding hydrogens is 220 g/mol. The molecule has 17 heavy (non-hydrogen) atoms. The van der Waals surface area contributed by atoms with Crippen LogP contribution in [0.2, 0.25) is 0 Å². The highest BCUT2D eigenvalue weighted by molar-refractivity contribution is 5.89. The predicted molar refractivity (Wildman–Crippen MR) is 63.8 cm³/mol. The SMILES string of the molecule is COC1CN(C(=O)Nc2ccccc2)CCO1. The van der Waals surface area contributed by atoms with Gasteiger partial charge in [0, 0.05) is 19.3 Å². The van der Waals surface area contributed by atoms with Crippen LogP contribution in [0.4, 0.5) is 10.5 Å². The fraction of sp³-hybridized carbons (Fsp3) is 0.417. The summed E-state index contributed by atoms with van der Waals surface area (Å²) in [4.78, 5) is 13.6. The molecule has 1 saturated heterocycles. The normalized spacial score (nSPS) is 20.1. The first kappa shape index (κ1) is 11.9. The summed E-state index contributed by atoms with van der Waals surface area (Å²) in [5.41, 5.74) is 0.790. The van der Waals surface area contributed by atoms with E-state index in [1.54, 1.807) is 12.0 Å². The van der Waals surface area contributed by atoms with Crippen molar-refractivity contribution in [2.75, 3.05) is 32.1 Å². The first-order chi connectivity index (χ1) is 8.29. The molecule has 0 spiro atoms. The van der Waals surface area contributed by atoms with Crippen molar-refractivity contribution >= 4 is 11.7 Å². The molecular formula is C12H16N2O3. The molecule has 2 rings (SSSR count). The van der Waals surface area contributed by atoms with E-state index in [0.29, 0.717) is 19.7 Å². The number of para-hydroxylation sites is 1. The maximum Gasteiger partial charge on any atom is 0.322 e. The Bertz CT molecular complexity index is 369. The van der Waals surface area contributed by atoms with Crippen molar-refractivity contribution in [3.63, 3.8) is 0 Å². The van der Waals surface area contributed by atoms with Crippen LogP contribution in [-0.4, -0.2) is 44.0 Å². The average Bonchev–Trinajstić information content (AvgIpc) is 2.40. The summed E-state index contributed by atoms with van der Waals surface area (Å²) in [5.74, 6) is 0. The van der Waals surface area contributed by atoms with Crippen molar-refractivity contribution in [3.8, 4) is 0 Å². The van der Waals surface area contributed by atoms with Gasteiger partial charge in [0.2, 0.25) is 0 Å². The van der Waals surface area contributed by atoms with Crippen molar-refractivity contribution in [2.45, 2.75) is 6.29 Å². The highest BCUT2D eigenvalue weighted by Gasteiger charge is 2.23. The van der Waals surface area contributed by atoms with E-state index in [-0.39, 0.29) is 12.3 Å². The molecule has 0 aromatic heterocycles. The van der Waals surface area contributed by atoms with Crippen LogP contribution >= 0.6 is 0 Å². The lowest BCUT2D eigenvalue weighted by atomic mass is 10.3. The number of urea groups is 1. The third-order valence-corrected chi connectivity index (χ3v) is 2.61. The molecule has 1 atom stereocenters. The Morgan fingerprint density at radius 2 is 2.24 bits per heavy atom. The first-order valence-electron chi connectivity index (χ1n) is 5.55. The zero-order valence-corrected chi connectivity index (χ0v) is 9.76. The van der Waals surface area contributed by atoms with E-state index in [9.17, 15) is 4.79 Å². The van der Waals surface area contributed by atoms with E-state index in [2.05, 4.69) is 5.32 Å². The van der Waals surface area contributed by atoms with Crippen molar-refractivity contribution in [2.24, 2.45) is 0 Å². The fourth-order valence-corrected chi connectivity index (χ4v) is 1.67. The minimum absolute atomic E-state index is 0.124. The van der Waals surface area contributed by atoms with Crippen molar-refractivity contribution in [1.82, 2.24) is 4.90 Å². The molecule has 2 amide bonds. The highest BCUT2D eigenvalue weighted by Crippen LogP contribution is 2.10. The van der Waals surface area contributed by atoms with Gasteiger partial charge in [-0.05, 0) is 12.1 Å². The molecule has 0 bridgehead atoms. The maximum atomic E-state index is 11.9. The Kier molecular flexibility index (Phi) is 3.95. The number of methoxy groups -OCH3 is 1. The number of hydrogen-bond acceptors (Lipinski definition) is 3. The maximum absolute atomic E-state index is 11.9. The second-order valence-corrected chi connectivity index (χ2v) is 3.78. The molecule has 1 N–H and O–H groups in total. The fourth-order valence-electron chi connectivity index (χ4n) is 1.67. The molecule has 1 heterocycles. The van der Waals surface area contributed by atoms with Crippen LogP contribution in [0.1, 0.15) is 0 Å². The molecule has 1 aromatic carbocycles. The van der Waals surface area contributed by atoms with Gasteiger partial charge in [0.25, 0.3) is 0 Å². The van der Waals surface area contributed by atoms with Crippen LogP contribution in [0, 0.1) is 0 Å². The minimum atomic E-state index is -0.328. The smallest absolute Gasteiger partial charge is 0.322 e. The first-order valence-corrected chi connectivity index (χ1v) is 5.55. The zero-order chi connectivity index (χ0) is 12.1. The van der Waals surface area contributed by atoms with E-state index in [1.165, 1.54) is 0 Å². The Morgan fingerprint density at radius 3 is 2.94 bits per heavy atom. The Hall–Kier alpha value is -1.59. The van der Waals surface area contributed by atoms with E-state index < -0.39 is 0 Å². The largest absolute Gasteiger partial charge is 0.354 e. The lowest BCUT2D eigenvalue weighted by Crippen LogP contribution is -2.47. The van der Waals surface area contributed by atoms with E-state index in [4.69, 9.17) is 9.47 Å². The molecule has 92 valence electrons. The lowest BCUT2D eigenvalue weighted by molar-refractivity contribution is -0.155. The molecule has 5 heteroatoms. The summed E-state index contributed by atoms with van der Waals surface area (Å²) >= 11 is 0. The zero-order valence-electron chi connectivity index (χ0n) is 9.76. The number of hydrogen-bond donors (Lipinski definition) is 1. The molecule has 5 nitrogen and oxygen atoms in total. The Labute approximate surface area is 100 Å². The predicted octanol–water partition coefficient (Wildman–Crippen LogP) is 1.52. The lowest BCUT2D eigenvalue weighted by Gasteiger charge is -2.31. The van der Waals surface area contributed by atoms with E-state index in [0.717, 1.165) is 5.69 Å². The number of anilines is 1. The standard InChI is InChI=1S/C12H16N2O3/c1-16-11-9-14(7-8-17-11)12(15)13-10-5-3-2-4-6-10/h2-6,11H,7-9H2,1H3,(H,13,15). The van der Waals surface area contributed by atoms with Gasteiger partial charge in [0.05, 0.1) is 13.2 Å². The molecule has 0 radical (unpaired) electrons. The number of rotatable bonds is 2. The summed E-state index contributed by atoms with van der Waals surface area (Å²) < 4.78 is 10.4. The number of amides is 2. The van der Waals surface area contributed by atoms with Gasteiger partial charge in [0.15, 0.2) is 6.29 Å². The number of nitrogens with zero attached hydrogens (tertiary/aromatic N) is 1. The molecule has 1 fully saturated rings. The van der Waals surface area contributed by atoms with Gasteiger partial charge in [-0.2, -0.15) is 0 Å². The number of carbonyl (C=O) groups excluding carboxylic acids is 1. The summed E-state index contributed by atoms with van der Waals surface area (Å²) in [6.07, 6.45) is -0.328. The molecule has 1 aromatic rings. The summed E-state index contributed by atoms with van der Waals surface area (Å²) in [6, 6.07) is 9.25. The quantitative estimate of drug-likeness (QED) is 0.847. The number of benzene rings is 1. The molecule has 0 aliphatic carbocycles. The summed E-state index contributed by atoms with van der Waals surface area (Å²) in [6.45, 7) is 1.54. The average molecular weight is 236 g/mol. The van der Waals surface area contributed by atoms with Gasteiger partial charge >= 0.3 is 6.03 Å². The van der Waals surface area contributed by atoms with Gasteiger partial charge < -0.3 is 19.7 Å². The van der Waals surface area contributed by atoms with Crippen molar-refractivity contribution in [1.29, 1.82) is 0 Å². The summed E-state index contributed by atoms with van der Waals surface area (Å²) in [5, 5.41) is 2.83. The van der Waals surface area contributed by atoms with Crippen molar-refractivity contribution in [3.05, 3.63) is 30.3 Å². The van der Waals surface area contributed by atoms with Crippen molar-refractivity contribution < 1.29 is 14.3 Å². The van der Waals surface area contributed by atoms with Gasteiger partial charge in [-0.3, -0.25) is 0 Å². The third-order valence-electron chi connectivity index (χ3n) is 2.61. The van der Waals surface area contributed by atoms with Crippen LogP contribution in [0.25, 0.3) is 0 Å². The van der Waals surface area contributed by atoms with E-state index >= 15 is 0 Å². The van der Waals surface area contributed by atoms with E-state index in [1.807, 2.05) is 30.3 Å². The van der Waals surface area contributed by atoms with Gasteiger partial charge in [0.1, 0.15) is 0 Å². The third kappa shape index (κ3) is 3.18. The molecule has 0 saturated carbocycles. The molecule has 1 aliphatic heterocycles. The number of nitrogens with one attached hydrogen (secondary N) is 1. The number of carbonyl (C=O) groups is 1. The topological polar surface area (TPSA) is 50.8 Å². The Morgan fingerprint density at radius 1 is 1.47 bits per heavy atom. The second kappa shape index (κ2) is 5.65. The highest BCUT2D eigenvalue weighted by atomic mass is 16.7. The van der Waals surface area contributed by atoms with Crippen LogP contribution in [0.15, 0.2) is 30.3 Å². The Balaban J connectivity index is 1.91. The second-order valence-electron chi connectivity index (χ2n) is 3.78. The monoisotopic (exact) mass is 236 g/mol. The van der Waals surface area contributed by atoms with Gasteiger partial charge in [-0.1, -0.05) is 18.2 Å².